The van der Waals surface area contributed by atoms with Crippen LogP contribution in [0.4, 0.5) is 10.5 Å². The van der Waals surface area contributed by atoms with Crippen molar-refractivity contribution in [1.29, 1.82) is 0 Å². The molecule has 4 N–H and O–H groups in total. The Hall–Kier alpha value is -2.08. The molecule has 0 unspecified atom stereocenters. The summed E-state index contributed by atoms with van der Waals surface area (Å²) in [5, 5.41) is 5.47. The molecule has 0 saturated carbocycles. The summed E-state index contributed by atoms with van der Waals surface area (Å²) >= 11 is 0. The molecule has 0 spiro atoms. The van der Waals surface area contributed by atoms with Gasteiger partial charge in [0.25, 0.3) is 5.91 Å². The van der Waals surface area contributed by atoms with E-state index in [-0.39, 0.29) is 23.4 Å². The molecule has 1 rings (SSSR count). The van der Waals surface area contributed by atoms with Crippen molar-refractivity contribution in [2.75, 3.05) is 25.5 Å². The lowest BCUT2D eigenvalue weighted by molar-refractivity contribution is 0.0741. The van der Waals surface area contributed by atoms with Gasteiger partial charge in [-0.05, 0) is 37.9 Å². The first-order valence-electron chi connectivity index (χ1n) is 7.78. The van der Waals surface area contributed by atoms with Crippen LogP contribution in [0.1, 0.15) is 38.1 Å². The van der Waals surface area contributed by atoms with Crippen molar-refractivity contribution < 1.29 is 9.59 Å². The van der Waals surface area contributed by atoms with Crippen molar-refractivity contribution in [2.45, 2.75) is 33.7 Å². The van der Waals surface area contributed by atoms with E-state index in [1.807, 2.05) is 27.7 Å². The maximum absolute atomic E-state index is 12.7. The van der Waals surface area contributed by atoms with E-state index in [0.717, 1.165) is 0 Å². The molecular weight excluding hydrogens is 292 g/mol. The first-order valence-corrected chi connectivity index (χ1v) is 7.78. The number of benzene rings is 1. The third kappa shape index (κ3) is 5.90. The second kappa shape index (κ2) is 7.97. The number of urea groups is 1. The minimum absolute atomic E-state index is 0.0193. The van der Waals surface area contributed by atoms with Crippen LogP contribution in [0.3, 0.4) is 0 Å². The average Bonchev–Trinajstić information content (AvgIpc) is 2.45. The molecule has 3 amide bonds. The molecule has 1 aromatic rings. The van der Waals surface area contributed by atoms with Crippen LogP contribution in [0.15, 0.2) is 24.3 Å². The van der Waals surface area contributed by atoms with E-state index in [0.29, 0.717) is 24.3 Å². The summed E-state index contributed by atoms with van der Waals surface area (Å²) in [5.41, 5.74) is 6.52. The molecule has 1 aromatic carbocycles. The monoisotopic (exact) mass is 320 g/mol. The van der Waals surface area contributed by atoms with Gasteiger partial charge in [0.2, 0.25) is 0 Å². The van der Waals surface area contributed by atoms with Crippen LogP contribution in [-0.4, -0.2) is 43.0 Å². The van der Waals surface area contributed by atoms with Crippen molar-refractivity contribution in [1.82, 2.24) is 10.2 Å². The first kappa shape index (κ1) is 19.0. The molecule has 0 atom stereocenters. The average molecular weight is 320 g/mol. The van der Waals surface area contributed by atoms with Crippen molar-refractivity contribution in [3.05, 3.63) is 29.8 Å². The predicted molar refractivity (Wildman–Crippen MR) is 93.5 cm³/mol. The lowest BCUT2D eigenvalue weighted by atomic mass is 9.93. The molecule has 0 aromatic heterocycles. The van der Waals surface area contributed by atoms with Crippen LogP contribution in [0, 0.1) is 5.41 Å². The Morgan fingerprint density at radius 2 is 1.87 bits per heavy atom. The number of nitrogens with one attached hydrogen (secondary N) is 2. The van der Waals surface area contributed by atoms with E-state index >= 15 is 0 Å². The third-order valence-corrected chi connectivity index (χ3v) is 3.39. The van der Waals surface area contributed by atoms with Gasteiger partial charge in [-0.2, -0.15) is 0 Å². The third-order valence-electron chi connectivity index (χ3n) is 3.39. The summed E-state index contributed by atoms with van der Waals surface area (Å²) in [6.45, 7) is 8.79. The minimum Gasteiger partial charge on any atom is -0.341 e. The second-order valence-corrected chi connectivity index (χ2v) is 6.83. The molecule has 128 valence electrons. The fraction of sp³-hybridized carbons (Fsp3) is 0.529. The first-order chi connectivity index (χ1) is 10.7. The molecule has 0 radical (unpaired) electrons. The van der Waals surface area contributed by atoms with Crippen molar-refractivity contribution in [2.24, 2.45) is 11.1 Å². The van der Waals surface area contributed by atoms with Gasteiger partial charge in [-0.25, -0.2) is 4.79 Å². The zero-order valence-corrected chi connectivity index (χ0v) is 14.6. The summed E-state index contributed by atoms with van der Waals surface area (Å²) in [7, 11) is 1.74. The lowest BCUT2D eigenvalue weighted by Gasteiger charge is -2.29. The predicted octanol–water partition coefficient (Wildman–Crippen LogP) is 2.27. The van der Waals surface area contributed by atoms with Crippen LogP contribution >= 0.6 is 0 Å². The number of carbonyl (C=O) groups is 2. The highest BCUT2D eigenvalue weighted by molar-refractivity contribution is 6.03. The number of rotatable bonds is 6. The molecule has 0 aliphatic carbocycles. The number of nitrogens with zero attached hydrogens (tertiary/aromatic N) is 1. The summed E-state index contributed by atoms with van der Waals surface area (Å²) in [6.07, 6.45) is 0. The topological polar surface area (TPSA) is 87.5 Å². The Balaban J connectivity index is 2.91. The van der Waals surface area contributed by atoms with Gasteiger partial charge >= 0.3 is 6.03 Å². The van der Waals surface area contributed by atoms with E-state index in [1.54, 1.807) is 36.2 Å². The summed E-state index contributed by atoms with van der Waals surface area (Å²) in [4.78, 5) is 26.2. The van der Waals surface area contributed by atoms with Crippen LogP contribution in [0.5, 0.6) is 0 Å². The fourth-order valence-corrected chi connectivity index (χ4v) is 2.18. The van der Waals surface area contributed by atoms with Gasteiger partial charge in [0.05, 0.1) is 11.3 Å². The standard InChI is InChI=1S/C17H28N4O2/c1-12(2)19-16(23)20-14-9-7-6-8-13(14)15(22)21(5)11-17(3,4)10-18/h6-9,12H,10-11,18H2,1-5H3,(H2,19,20,23). The highest BCUT2D eigenvalue weighted by Gasteiger charge is 2.23. The molecule has 6 nitrogen and oxygen atoms in total. The minimum atomic E-state index is -0.329. The zero-order valence-electron chi connectivity index (χ0n) is 14.6. The number of anilines is 1. The van der Waals surface area contributed by atoms with Crippen LogP contribution in [-0.2, 0) is 0 Å². The van der Waals surface area contributed by atoms with Crippen LogP contribution in [0.25, 0.3) is 0 Å². The van der Waals surface area contributed by atoms with Crippen molar-refractivity contribution in [3.8, 4) is 0 Å². The SMILES string of the molecule is CC(C)NC(=O)Nc1ccccc1C(=O)N(C)CC(C)(C)CN. The Bertz CT molecular complexity index is 555. The summed E-state index contributed by atoms with van der Waals surface area (Å²) in [6, 6.07) is 6.68. The van der Waals surface area contributed by atoms with Gasteiger partial charge in [0.15, 0.2) is 0 Å². The Morgan fingerprint density at radius 1 is 1.26 bits per heavy atom. The van der Waals surface area contributed by atoms with E-state index in [4.69, 9.17) is 5.73 Å². The number of hydrogen-bond acceptors (Lipinski definition) is 3. The van der Waals surface area contributed by atoms with Gasteiger partial charge in [0, 0.05) is 19.6 Å². The van der Waals surface area contributed by atoms with Gasteiger partial charge in [-0.1, -0.05) is 26.0 Å². The Labute approximate surface area is 138 Å². The normalized spacial score (nSPS) is 11.3. The van der Waals surface area contributed by atoms with E-state index in [1.165, 1.54) is 0 Å². The number of hydrogen-bond donors (Lipinski definition) is 3. The molecule has 23 heavy (non-hydrogen) atoms. The van der Waals surface area contributed by atoms with Crippen molar-refractivity contribution in [3.63, 3.8) is 0 Å². The molecule has 0 heterocycles. The number of para-hydroxylation sites is 1. The second-order valence-electron chi connectivity index (χ2n) is 6.83. The molecule has 0 saturated heterocycles. The van der Waals surface area contributed by atoms with Gasteiger partial charge in [0.1, 0.15) is 0 Å². The number of carbonyl (C=O) groups excluding carboxylic acids is 2. The largest absolute Gasteiger partial charge is 0.341 e. The molecular formula is C17H28N4O2. The number of nitrogens with two attached hydrogens (primary N) is 1. The Kier molecular flexibility index (Phi) is 6.57. The summed E-state index contributed by atoms with van der Waals surface area (Å²) in [5.74, 6) is -0.146. The van der Waals surface area contributed by atoms with Gasteiger partial charge < -0.3 is 21.3 Å². The quantitative estimate of drug-likeness (QED) is 0.751. The summed E-state index contributed by atoms with van der Waals surface area (Å²) < 4.78 is 0. The van der Waals surface area contributed by atoms with E-state index < -0.39 is 0 Å². The van der Waals surface area contributed by atoms with E-state index in [2.05, 4.69) is 10.6 Å². The Morgan fingerprint density at radius 3 is 2.43 bits per heavy atom. The van der Waals surface area contributed by atoms with Crippen LogP contribution < -0.4 is 16.4 Å². The van der Waals surface area contributed by atoms with Crippen LogP contribution in [0.2, 0.25) is 0 Å². The molecule has 0 aliphatic rings. The molecule has 0 aliphatic heterocycles. The van der Waals surface area contributed by atoms with E-state index in [9.17, 15) is 9.59 Å². The van der Waals surface area contributed by atoms with Gasteiger partial charge in [-0.3, -0.25) is 4.79 Å². The highest BCUT2D eigenvalue weighted by atomic mass is 16.2. The highest BCUT2D eigenvalue weighted by Crippen LogP contribution is 2.20. The molecule has 6 heteroatoms. The molecule has 0 bridgehead atoms. The molecule has 0 fully saturated rings. The number of amides is 3. The van der Waals surface area contributed by atoms with Gasteiger partial charge in [-0.15, -0.1) is 0 Å². The maximum Gasteiger partial charge on any atom is 0.319 e. The fourth-order valence-electron chi connectivity index (χ4n) is 2.18. The lowest BCUT2D eigenvalue weighted by Crippen LogP contribution is -2.40. The smallest absolute Gasteiger partial charge is 0.319 e. The van der Waals surface area contributed by atoms with Crippen molar-refractivity contribution >= 4 is 17.6 Å². The zero-order chi connectivity index (χ0) is 17.6. The maximum atomic E-state index is 12.7.